The van der Waals surface area contributed by atoms with Crippen LogP contribution in [0.25, 0.3) is 0 Å². The quantitative estimate of drug-likeness (QED) is 0.658. The molecule has 0 aromatic carbocycles. The molecule has 0 bridgehead atoms. The summed E-state index contributed by atoms with van der Waals surface area (Å²) in [5.74, 6) is 0. The Labute approximate surface area is 87.1 Å². The van der Waals surface area contributed by atoms with Crippen molar-refractivity contribution in [3.05, 3.63) is 48.2 Å². The molecule has 0 spiro atoms. The number of hydrogen-bond donors (Lipinski definition) is 0. The summed E-state index contributed by atoms with van der Waals surface area (Å²) in [6.07, 6.45) is 6.10. The molecule has 1 aliphatic heterocycles. The van der Waals surface area contributed by atoms with E-state index in [2.05, 4.69) is 38.0 Å². The van der Waals surface area contributed by atoms with E-state index in [1.807, 2.05) is 19.1 Å². The zero-order chi connectivity index (χ0) is 10.7. The molecular formula is C13H19N. The van der Waals surface area contributed by atoms with E-state index in [0.717, 1.165) is 12.2 Å². The number of rotatable bonds is 3. The van der Waals surface area contributed by atoms with Gasteiger partial charge in [0.15, 0.2) is 0 Å². The van der Waals surface area contributed by atoms with Gasteiger partial charge in [0.25, 0.3) is 0 Å². The molecule has 1 nitrogen and oxygen atoms in total. The van der Waals surface area contributed by atoms with Gasteiger partial charge in [-0.15, -0.1) is 0 Å². The van der Waals surface area contributed by atoms with Gasteiger partial charge in [-0.1, -0.05) is 31.4 Å². The summed E-state index contributed by atoms with van der Waals surface area (Å²) < 4.78 is 0. The molecule has 0 saturated carbocycles. The average Bonchev–Trinajstić information content (AvgIpc) is 2.45. The second-order valence-corrected chi connectivity index (χ2v) is 3.81. The molecule has 0 fully saturated rings. The second kappa shape index (κ2) is 4.32. The minimum absolute atomic E-state index is 0.500. The van der Waals surface area contributed by atoms with Crippen LogP contribution in [-0.4, -0.2) is 17.5 Å². The Balaban J connectivity index is 2.99. The molecule has 0 amide bonds. The smallest absolute Gasteiger partial charge is 0.0438 e. The first-order valence-electron chi connectivity index (χ1n) is 5.06. The lowest BCUT2D eigenvalue weighted by molar-refractivity contribution is 0.332. The van der Waals surface area contributed by atoms with Gasteiger partial charge >= 0.3 is 0 Å². The molecule has 0 aromatic heterocycles. The van der Waals surface area contributed by atoms with Crippen molar-refractivity contribution in [1.82, 2.24) is 4.90 Å². The van der Waals surface area contributed by atoms with Crippen LogP contribution in [0, 0.1) is 0 Å². The van der Waals surface area contributed by atoms with Crippen molar-refractivity contribution in [3.8, 4) is 0 Å². The molecule has 0 N–H and O–H groups in total. The predicted octanol–water partition coefficient (Wildman–Crippen LogP) is 3.28. The summed E-state index contributed by atoms with van der Waals surface area (Å²) in [6.45, 7) is 15.3. The third-order valence-electron chi connectivity index (χ3n) is 2.55. The van der Waals surface area contributed by atoms with Crippen LogP contribution in [0.15, 0.2) is 48.2 Å². The lowest BCUT2D eigenvalue weighted by Crippen LogP contribution is -2.27. The van der Waals surface area contributed by atoms with E-state index in [-0.39, 0.29) is 0 Å². The van der Waals surface area contributed by atoms with Crippen molar-refractivity contribution in [3.63, 3.8) is 0 Å². The van der Waals surface area contributed by atoms with Gasteiger partial charge in [0.2, 0.25) is 0 Å². The maximum atomic E-state index is 4.12. The molecule has 0 saturated heterocycles. The van der Waals surface area contributed by atoms with Gasteiger partial charge in [-0.2, -0.15) is 0 Å². The Morgan fingerprint density at radius 1 is 1.43 bits per heavy atom. The Morgan fingerprint density at radius 2 is 2.07 bits per heavy atom. The molecule has 1 aliphatic rings. The Hall–Kier alpha value is -1.24. The fourth-order valence-electron chi connectivity index (χ4n) is 1.74. The first kappa shape index (κ1) is 10.8. The van der Waals surface area contributed by atoms with Gasteiger partial charge in [0.1, 0.15) is 0 Å². The Kier molecular flexibility index (Phi) is 3.34. The molecule has 1 heterocycles. The van der Waals surface area contributed by atoms with Crippen LogP contribution in [0.5, 0.6) is 0 Å². The first-order chi connectivity index (χ1) is 6.61. The van der Waals surface area contributed by atoms with Crippen LogP contribution in [0.1, 0.15) is 20.8 Å². The summed E-state index contributed by atoms with van der Waals surface area (Å²) in [7, 11) is 0. The molecule has 14 heavy (non-hydrogen) atoms. The summed E-state index contributed by atoms with van der Waals surface area (Å²) in [5, 5.41) is 0. The summed E-state index contributed by atoms with van der Waals surface area (Å²) in [4.78, 5) is 2.30. The van der Waals surface area contributed by atoms with Crippen LogP contribution in [0.2, 0.25) is 0 Å². The number of nitrogens with zero attached hydrogens (tertiary/aromatic N) is 1. The van der Waals surface area contributed by atoms with E-state index in [0.29, 0.717) is 6.04 Å². The van der Waals surface area contributed by atoms with Crippen molar-refractivity contribution in [1.29, 1.82) is 0 Å². The molecule has 0 unspecified atom stereocenters. The van der Waals surface area contributed by atoms with E-state index >= 15 is 0 Å². The minimum Gasteiger partial charge on any atom is -0.365 e. The normalized spacial score (nSPS) is 17.7. The van der Waals surface area contributed by atoms with Gasteiger partial charge in [0, 0.05) is 23.9 Å². The number of allylic oxidation sites excluding steroid dienone is 2. The highest BCUT2D eigenvalue weighted by molar-refractivity contribution is 5.50. The van der Waals surface area contributed by atoms with Gasteiger partial charge in [-0.3, -0.25) is 0 Å². The molecule has 1 rings (SSSR count). The summed E-state index contributed by atoms with van der Waals surface area (Å²) in [5.41, 5.74) is 3.63. The molecule has 0 aliphatic carbocycles. The van der Waals surface area contributed by atoms with Crippen LogP contribution in [-0.2, 0) is 0 Å². The zero-order valence-corrected chi connectivity index (χ0v) is 9.38. The highest BCUT2D eigenvalue weighted by Gasteiger charge is 2.23. The van der Waals surface area contributed by atoms with E-state index in [1.54, 1.807) is 0 Å². The summed E-state index contributed by atoms with van der Waals surface area (Å²) >= 11 is 0. The maximum Gasteiger partial charge on any atom is 0.0438 e. The minimum atomic E-state index is 0.500. The van der Waals surface area contributed by atoms with Gasteiger partial charge in [0.05, 0.1) is 0 Å². The molecule has 0 aromatic rings. The molecule has 76 valence electrons. The van der Waals surface area contributed by atoms with Crippen LogP contribution in [0.3, 0.4) is 0 Å². The van der Waals surface area contributed by atoms with Crippen LogP contribution in [0.4, 0.5) is 0 Å². The van der Waals surface area contributed by atoms with Crippen molar-refractivity contribution >= 4 is 0 Å². The first-order valence-corrected chi connectivity index (χ1v) is 5.06. The van der Waals surface area contributed by atoms with Crippen molar-refractivity contribution in [2.24, 2.45) is 0 Å². The van der Waals surface area contributed by atoms with Gasteiger partial charge in [-0.25, -0.2) is 0 Å². The third-order valence-corrected chi connectivity index (χ3v) is 2.55. The number of hydrogen-bond acceptors (Lipinski definition) is 1. The Morgan fingerprint density at radius 3 is 2.50 bits per heavy atom. The predicted molar refractivity (Wildman–Crippen MR) is 63.0 cm³/mol. The van der Waals surface area contributed by atoms with E-state index in [9.17, 15) is 0 Å². The standard InChI is InChI=1S/C13H19N/c1-6-8-13-11(5)14(10(3)4)9-12(13)7-2/h6-8,10H,2,5,9H2,1,3-4H3/b8-6-. The lowest BCUT2D eigenvalue weighted by Gasteiger charge is -2.24. The van der Waals surface area contributed by atoms with E-state index in [4.69, 9.17) is 0 Å². The molecule has 1 heteroatoms. The average molecular weight is 189 g/mol. The summed E-state index contributed by atoms with van der Waals surface area (Å²) in [6, 6.07) is 0.500. The second-order valence-electron chi connectivity index (χ2n) is 3.81. The largest absolute Gasteiger partial charge is 0.365 e. The highest BCUT2D eigenvalue weighted by atomic mass is 15.2. The zero-order valence-electron chi connectivity index (χ0n) is 9.38. The Bertz CT molecular complexity index is 305. The van der Waals surface area contributed by atoms with Crippen molar-refractivity contribution in [2.75, 3.05) is 6.54 Å². The third kappa shape index (κ3) is 1.82. The fraction of sp³-hybridized carbons (Fsp3) is 0.385. The van der Waals surface area contributed by atoms with Gasteiger partial charge < -0.3 is 4.90 Å². The van der Waals surface area contributed by atoms with Gasteiger partial charge in [-0.05, 0) is 26.3 Å². The molecule has 0 radical (unpaired) electrons. The molecular weight excluding hydrogens is 170 g/mol. The fourth-order valence-corrected chi connectivity index (χ4v) is 1.74. The highest BCUT2D eigenvalue weighted by Crippen LogP contribution is 2.29. The lowest BCUT2D eigenvalue weighted by atomic mass is 10.1. The SMILES string of the molecule is C=CC1=C(/C=C\C)C(=C)N(C(C)C)C1. The molecule has 0 atom stereocenters. The monoisotopic (exact) mass is 189 g/mol. The topological polar surface area (TPSA) is 3.24 Å². The van der Waals surface area contributed by atoms with Crippen LogP contribution >= 0.6 is 0 Å². The maximum absolute atomic E-state index is 4.12. The van der Waals surface area contributed by atoms with Crippen molar-refractivity contribution < 1.29 is 0 Å². The van der Waals surface area contributed by atoms with E-state index in [1.165, 1.54) is 11.1 Å². The van der Waals surface area contributed by atoms with Crippen molar-refractivity contribution in [2.45, 2.75) is 26.8 Å². The van der Waals surface area contributed by atoms with E-state index < -0.39 is 0 Å². The van der Waals surface area contributed by atoms with Crippen LogP contribution < -0.4 is 0 Å².